The van der Waals surface area contributed by atoms with Gasteiger partial charge in [-0.05, 0) is 38.5 Å². The lowest BCUT2D eigenvalue weighted by Crippen LogP contribution is -2.25. The molecule has 0 unspecified atom stereocenters. The van der Waals surface area contributed by atoms with E-state index in [9.17, 15) is 4.79 Å². The second-order valence-electron chi connectivity index (χ2n) is 6.46. The standard InChI is InChI=1S/C18H25BrN2O3S/c1-5-6-13(19)16(22)21-17-20-14-8-7-12(11-15(14)25-17)24-10-9-18(2,3)23-4/h7-8,11,13H,5-6,9-10H2,1-4H3,(H,20,21,22)/t13-/m1/s1. The van der Waals surface area contributed by atoms with Gasteiger partial charge in [0.15, 0.2) is 5.13 Å². The van der Waals surface area contributed by atoms with Gasteiger partial charge in [0.05, 0.1) is 27.3 Å². The molecular formula is C18H25BrN2O3S. The third kappa shape index (κ3) is 5.94. The number of aromatic nitrogens is 1. The number of benzene rings is 1. The molecule has 1 amide bonds. The Morgan fingerprint density at radius 2 is 2.20 bits per heavy atom. The van der Waals surface area contributed by atoms with Crippen molar-refractivity contribution in [2.45, 2.75) is 50.5 Å². The van der Waals surface area contributed by atoms with Crippen molar-refractivity contribution in [2.24, 2.45) is 0 Å². The molecule has 1 atom stereocenters. The summed E-state index contributed by atoms with van der Waals surface area (Å²) in [6.07, 6.45) is 2.55. The molecule has 1 N–H and O–H groups in total. The summed E-state index contributed by atoms with van der Waals surface area (Å²) >= 11 is 4.85. The topological polar surface area (TPSA) is 60.5 Å². The molecule has 0 bridgehead atoms. The molecule has 1 heterocycles. The zero-order chi connectivity index (χ0) is 18.4. The molecule has 1 aromatic carbocycles. The normalized spacial score (nSPS) is 13.0. The number of anilines is 1. The average molecular weight is 429 g/mol. The smallest absolute Gasteiger partial charge is 0.239 e. The van der Waals surface area contributed by atoms with Crippen LogP contribution in [0.2, 0.25) is 0 Å². The van der Waals surface area contributed by atoms with Gasteiger partial charge in [-0.2, -0.15) is 0 Å². The maximum Gasteiger partial charge on any atom is 0.239 e. The van der Waals surface area contributed by atoms with E-state index >= 15 is 0 Å². The number of hydrogen-bond acceptors (Lipinski definition) is 5. The van der Waals surface area contributed by atoms with Crippen molar-refractivity contribution in [3.63, 3.8) is 0 Å². The molecular weight excluding hydrogens is 404 g/mol. The molecule has 138 valence electrons. The number of carbonyl (C=O) groups is 1. The summed E-state index contributed by atoms with van der Waals surface area (Å²) in [5.74, 6) is 0.740. The van der Waals surface area contributed by atoms with Gasteiger partial charge in [0.25, 0.3) is 0 Å². The van der Waals surface area contributed by atoms with Crippen molar-refractivity contribution in [1.82, 2.24) is 4.98 Å². The Bertz CT molecular complexity index is 717. The predicted molar refractivity (Wildman–Crippen MR) is 107 cm³/mol. The molecule has 2 aromatic rings. The zero-order valence-electron chi connectivity index (χ0n) is 15.1. The fraction of sp³-hybridized carbons (Fsp3) is 0.556. The van der Waals surface area contributed by atoms with E-state index < -0.39 is 0 Å². The fourth-order valence-corrected chi connectivity index (χ4v) is 3.60. The number of carbonyl (C=O) groups excluding carboxylic acids is 1. The largest absolute Gasteiger partial charge is 0.493 e. The first kappa shape index (κ1) is 20.1. The van der Waals surface area contributed by atoms with Crippen LogP contribution in [0.3, 0.4) is 0 Å². The van der Waals surface area contributed by atoms with Gasteiger partial charge in [-0.3, -0.25) is 4.79 Å². The molecule has 5 nitrogen and oxygen atoms in total. The van der Waals surface area contributed by atoms with Gasteiger partial charge >= 0.3 is 0 Å². The lowest BCUT2D eigenvalue weighted by molar-refractivity contribution is -0.115. The van der Waals surface area contributed by atoms with Crippen LogP contribution in [0.25, 0.3) is 10.2 Å². The number of nitrogens with zero attached hydrogens (tertiary/aromatic N) is 1. The number of methoxy groups -OCH3 is 1. The highest BCUT2D eigenvalue weighted by Gasteiger charge is 2.17. The fourth-order valence-electron chi connectivity index (χ4n) is 2.13. The number of ether oxygens (including phenoxy) is 2. The van der Waals surface area contributed by atoms with Gasteiger partial charge in [0.1, 0.15) is 5.75 Å². The van der Waals surface area contributed by atoms with E-state index in [4.69, 9.17) is 9.47 Å². The predicted octanol–water partition coefficient (Wildman–Crippen LogP) is 4.99. The van der Waals surface area contributed by atoms with E-state index in [1.165, 1.54) is 11.3 Å². The number of hydrogen-bond donors (Lipinski definition) is 1. The van der Waals surface area contributed by atoms with E-state index in [1.54, 1.807) is 7.11 Å². The summed E-state index contributed by atoms with van der Waals surface area (Å²) < 4.78 is 12.2. The average Bonchev–Trinajstić information content (AvgIpc) is 2.96. The molecule has 25 heavy (non-hydrogen) atoms. The molecule has 0 aliphatic heterocycles. The Morgan fingerprint density at radius 3 is 2.88 bits per heavy atom. The van der Waals surface area contributed by atoms with Crippen LogP contribution in [-0.2, 0) is 9.53 Å². The van der Waals surface area contributed by atoms with Crippen molar-refractivity contribution < 1.29 is 14.3 Å². The third-order valence-electron chi connectivity index (χ3n) is 3.94. The molecule has 0 radical (unpaired) electrons. The molecule has 7 heteroatoms. The molecule has 0 fully saturated rings. The van der Waals surface area contributed by atoms with Gasteiger partial charge in [0, 0.05) is 13.5 Å². The second kappa shape index (κ2) is 8.96. The summed E-state index contributed by atoms with van der Waals surface area (Å²) in [6, 6.07) is 5.77. The lowest BCUT2D eigenvalue weighted by atomic mass is 10.1. The molecule has 0 aliphatic rings. The monoisotopic (exact) mass is 428 g/mol. The first-order valence-corrected chi connectivity index (χ1v) is 10.1. The van der Waals surface area contributed by atoms with Crippen LogP contribution in [0.1, 0.15) is 40.0 Å². The number of rotatable bonds is 9. The minimum atomic E-state index is -0.198. The van der Waals surface area contributed by atoms with Crippen LogP contribution in [0.5, 0.6) is 5.75 Å². The van der Waals surface area contributed by atoms with Gasteiger partial charge < -0.3 is 14.8 Å². The SMILES string of the molecule is CCC[C@@H](Br)C(=O)Nc1nc2ccc(OCCC(C)(C)OC)cc2s1. The zero-order valence-corrected chi connectivity index (χ0v) is 17.5. The summed E-state index contributed by atoms with van der Waals surface area (Å²) in [6.45, 7) is 6.70. The maximum absolute atomic E-state index is 12.1. The van der Waals surface area contributed by atoms with Crippen LogP contribution in [-0.4, -0.2) is 35.0 Å². The second-order valence-corrected chi connectivity index (χ2v) is 8.59. The number of fused-ring (bicyclic) bond motifs is 1. The highest BCUT2D eigenvalue weighted by atomic mass is 79.9. The number of nitrogens with one attached hydrogen (secondary N) is 1. The van der Waals surface area contributed by atoms with Gasteiger partial charge in [0.2, 0.25) is 5.91 Å². The molecule has 0 saturated carbocycles. The van der Waals surface area contributed by atoms with E-state index in [0.29, 0.717) is 11.7 Å². The third-order valence-corrected chi connectivity index (χ3v) is 5.75. The Labute approximate surface area is 161 Å². The van der Waals surface area contributed by atoms with Crippen LogP contribution < -0.4 is 10.1 Å². The van der Waals surface area contributed by atoms with Crippen molar-refractivity contribution in [3.8, 4) is 5.75 Å². The number of amides is 1. The Kier molecular flexibility index (Phi) is 7.22. The van der Waals surface area contributed by atoms with Crippen molar-refractivity contribution >= 4 is 48.5 Å². The maximum atomic E-state index is 12.1. The minimum Gasteiger partial charge on any atom is -0.493 e. The van der Waals surface area contributed by atoms with Gasteiger partial charge in [-0.25, -0.2) is 4.98 Å². The van der Waals surface area contributed by atoms with Crippen molar-refractivity contribution in [3.05, 3.63) is 18.2 Å². The number of thiazole rings is 1. The Balaban J connectivity index is 2.00. The molecule has 2 rings (SSSR count). The molecule has 0 saturated heterocycles. The summed E-state index contributed by atoms with van der Waals surface area (Å²) in [7, 11) is 1.71. The van der Waals surface area contributed by atoms with Gasteiger partial charge in [-0.15, -0.1) is 0 Å². The Hall–Kier alpha value is -1.18. The quantitative estimate of drug-likeness (QED) is 0.571. The number of halogens is 1. The lowest BCUT2D eigenvalue weighted by Gasteiger charge is -2.22. The minimum absolute atomic E-state index is 0.0563. The Morgan fingerprint density at radius 1 is 1.44 bits per heavy atom. The summed E-state index contributed by atoms with van der Waals surface area (Å²) in [5, 5.41) is 3.48. The summed E-state index contributed by atoms with van der Waals surface area (Å²) in [5.41, 5.74) is 0.656. The van der Waals surface area contributed by atoms with Crippen LogP contribution >= 0.6 is 27.3 Å². The van der Waals surface area contributed by atoms with Crippen molar-refractivity contribution in [1.29, 1.82) is 0 Å². The van der Waals surface area contributed by atoms with E-state index in [0.717, 1.165) is 35.2 Å². The van der Waals surface area contributed by atoms with Crippen molar-refractivity contribution in [2.75, 3.05) is 19.0 Å². The summed E-state index contributed by atoms with van der Waals surface area (Å²) in [4.78, 5) is 16.4. The van der Waals surface area contributed by atoms with Gasteiger partial charge in [-0.1, -0.05) is 40.6 Å². The first-order valence-electron chi connectivity index (χ1n) is 8.38. The van der Waals surface area contributed by atoms with Crippen LogP contribution in [0.15, 0.2) is 18.2 Å². The molecule has 0 spiro atoms. The van der Waals surface area contributed by atoms with E-state index in [2.05, 4.69) is 33.2 Å². The highest BCUT2D eigenvalue weighted by molar-refractivity contribution is 9.10. The van der Waals surface area contributed by atoms with E-state index in [1.807, 2.05) is 32.0 Å². The first-order chi connectivity index (χ1) is 11.8. The number of alkyl halides is 1. The molecule has 0 aliphatic carbocycles. The molecule has 1 aromatic heterocycles. The highest BCUT2D eigenvalue weighted by Crippen LogP contribution is 2.30. The van der Waals surface area contributed by atoms with Crippen LogP contribution in [0, 0.1) is 0 Å². The van der Waals surface area contributed by atoms with E-state index in [-0.39, 0.29) is 16.3 Å². The van der Waals surface area contributed by atoms with Crippen LogP contribution in [0.4, 0.5) is 5.13 Å².